The van der Waals surface area contributed by atoms with Crippen molar-refractivity contribution in [3.8, 4) is 33.4 Å². The molecule has 456 valence electrons. The molecule has 91 heavy (non-hydrogen) atoms. The second kappa shape index (κ2) is 19.7. The Kier molecular flexibility index (Phi) is 12.2. The molecule has 0 atom stereocenters. The number of benzene rings is 9. The van der Waals surface area contributed by atoms with Gasteiger partial charge in [-0.2, -0.15) is 0 Å². The Hall–Kier alpha value is -7.56. The summed E-state index contributed by atoms with van der Waals surface area (Å²) in [4.78, 5) is 5.28. The molecule has 9 aromatic carbocycles. The van der Waals surface area contributed by atoms with Crippen molar-refractivity contribution < 1.29 is 0 Å². The fourth-order valence-corrected chi connectivity index (χ4v) is 21.2. The summed E-state index contributed by atoms with van der Waals surface area (Å²) in [6.07, 6.45) is 16.8. The lowest BCUT2D eigenvalue weighted by Gasteiger charge is -2.57. The molecule has 8 fully saturated rings. The molecule has 8 aliphatic carbocycles. The first kappa shape index (κ1) is 56.2. The summed E-state index contributed by atoms with van der Waals surface area (Å²) in [5.41, 5.74) is 29.7. The van der Waals surface area contributed by atoms with Gasteiger partial charge in [0.2, 0.25) is 0 Å². The molecule has 3 heterocycles. The normalized spacial score (nSPS) is 25.0. The highest BCUT2D eigenvalue weighted by Gasteiger charge is 2.54. The highest BCUT2D eigenvalue weighted by molar-refractivity contribution is 6.90. The Labute approximate surface area is 542 Å². The van der Waals surface area contributed by atoms with Crippen molar-refractivity contribution in [3.63, 3.8) is 0 Å². The van der Waals surface area contributed by atoms with Gasteiger partial charge in [0.05, 0.1) is 5.69 Å². The molecule has 0 spiro atoms. The lowest BCUT2D eigenvalue weighted by Crippen LogP contribution is -2.57. The molecule has 3 nitrogen and oxygen atoms in total. The Morgan fingerprint density at radius 2 is 0.912 bits per heavy atom. The van der Waals surface area contributed by atoms with Crippen molar-refractivity contribution in [3.05, 3.63) is 215 Å². The van der Waals surface area contributed by atoms with Crippen LogP contribution in [-0.2, 0) is 27.1 Å². The van der Waals surface area contributed by atoms with E-state index in [2.05, 4.69) is 266 Å². The first-order chi connectivity index (χ1) is 43.7. The zero-order valence-electron chi connectivity index (χ0n) is 55.7. The molecule has 8 bridgehead atoms. The van der Waals surface area contributed by atoms with E-state index in [1.54, 1.807) is 11.1 Å². The highest BCUT2D eigenvalue weighted by Crippen LogP contribution is 2.64. The van der Waals surface area contributed by atoms with Gasteiger partial charge in [-0.15, -0.1) is 0 Å². The molecule has 0 N–H and O–H groups in total. The van der Waals surface area contributed by atoms with Gasteiger partial charge >= 0.3 is 6.85 Å². The minimum atomic E-state index is -0.132. The van der Waals surface area contributed by atoms with Gasteiger partial charge in [0.25, 0.3) is 0 Å². The van der Waals surface area contributed by atoms with Crippen LogP contribution in [0.15, 0.2) is 182 Å². The molecule has 8 saturated carbocycles. The molecule has 0 amide bonds. The van der Waals surface area contributed by atoms with Crippen LogP contribution in [0, 0.1) is 42.4 Å². The quantitative estimate of drug-likeness (QED) is 0.141. The van der Waals surface area contributed by atoms with Crippen LogP contribution in [0.4, 0.5) is 34.1 Å². The summed E-state index contributed by atoms with van der Waals surface area (Å²) < 4.78 is 2.91. The molecular weight excluding hydrogens is 1100 g/mol. The SMILES string of the molecule is Cc1ccccc1-c1cc2c3c(c1)N(c1ccc(C(C)(C)C)cc1-c1ccccc1)c1ccc(N(c4ccc(C(C)(C)C)cc4)c4ccc(C(C)(C)C)cc4)cc1B3n1c3ccc(C45CC6CC(CC(C6)C4)C5)cc3c3cc(C45CC6CC(CC(C6)C4)C5)cc-2c31. The van der Waals surface area contributed by atoms with E-state index in [1.165, 1.54) is 188 Å². The lowest BCUT2D eigenvalue weighted by atomic mass is 9.44. The molecule has 0 unspecified atom stereocenters. The number of nitrogens with zero attached hydrogens (tertiary/aromatic N) is 3. The zero-order chi connectivity index (χ0) is 61.8. The molecular formula is C87H90BN3. The van der Waals surface area contributed by atoms with Crippen LogP contribution in [0.3, 0.4) is 0 Å². The summed E-state index contributed by atoms with van der Waals surface area (Å²) >= 11 is 0. The summed E-state index contributed by atoms with van der Waals surface area (Å²) in [5.74, 6) is 5.18. The lowest BCUT2D eigenvalue weighted by molar-refractivity contribution is -0.00527. The van der Waals surface area contributed by atoms with Crippen molar-refractivity contribution in [2.24, 2.45) is 35.5 Å². The number of aromatic nitrogens is 1. The van der Waals surface area contributed by atoms with Gasteiger partial charge in [-0.1, -0.05) is 153 Å². The highest BCUT2D eigenvalue weighted by atomic mass is 15.2. The van der Waals surface area contributed by atoms with E-state index in [4.69, 9.17) is 0 Å². The standard InChI is InChI=1S/C87H90BN3/c1-53-16-14-15-19-70(53)61-40-73-75-45-66(87-50-57-37-58(51-87)39-59(38-57)52-87)44-74-72-43-65(86-47-54-34-55(48-86)36-56(35-54)49-86)25-32-78(72)91(82(74)75)88-76-46-69(89(67-26-20-62(21-27-67)83(2,3)4)68-28-22-63(23-29-68)84(5,6)7)30-33-79(76)90(80(41-61)81(73)88)77-31-24-64(85(8,9)10)42-71(77)60-17-12-11-13-18-60/h11-33,40-46,54-59H,34-39,47-52H2,1-10H3. The Morgan fingerprint density at radius 1 is 0.396 bits per heavy atom. The van der Waals surface area contributed by atoms with Crippen LogP contribution >= 0.6 is 0 Å². The van der Waals surface area contributed by atoms with Crippen LogP contribution in [0.1, 0.15) is 173 Å². The number of anilines is 6. The minimum Gasteiger partial charge on any atom is -0.375 e. The monoisotopic (exact) mass is 1190 g/mol. The van der Waals surface area contributed by atoms with E-state index in [9.17, 15) is 0 Å². The van der Waals surface area contributed by atoms with E-state index in [0.29, 0.717) is 0 Å². The summed E-state index contributed by atoms with van der Waals surface area (Å²) in [5, 5.41) is 2.97. The van der Waals surface area contributed by atoms with Gasteiger partial charge < -0.3 is 14.3 Å². The van der Waals surface area contributed by atoms with Crippen LogP contribution in [0.2, 0.25) is 0 Å². The van der Waals surface area contributed by atoms with Crippen LogP contribution in [0.25, 0.3) is 55.2 Å². The Balaban J connectivity index is 0.958. The molecule has 1 aromatic heterocycles. The van der Waals surface area contributed by atoms with E-state index in [-0.39, 0.29) is 33.9 Å². The number of hydrogen-bond acceptors (Lipinski definition) is 2. The maximum absolute atomic E-state index is 2.91. The second-order valence-electron chi connectivity index (χ2n) is 33.9. The predicted molar refractivity (Wildman–Crippen MR) is 386 cm³/mol. The number of hydrogen-bond donors (Lipinski definition) is 0. The van der Waals surface area contributed by atoms with Gasteiger partial charge in [0.15, 0.2) is 0 Å². The molecule has 0 saturated heterocycles. The average Bonchev–Trinajstić information content (AvgIpc) is 1.64. The molecule has 4 heteroatoms. The van der Waals surface area contributed by atoms with Crippen LogP contribution < -0.4 is 20.7 Å². The summed E-state index contributed by atoms with van der Waals surface area (Å²) in [7, 11) is 0. The Morgan fingerprint density at radius 3 is 1.48 bits per heavy atom. The predicted octanol–water partition coefficient (Wildman–Crippen LogP) is 22.2. The van der Waals surface area contributed by atoms with Crippen molar-refractivity contribution in [2.45, 2.75) is 173 Å². The van der Waals surface area contributed by atoms with Crippen molar-refractivity contribution >= 4 is 73.7 Å². The Bertz CT molecular complexity index is 4480. The third kappa shape index (κ3) is 8.78. The molecule has 2 aliphatic heterocycles. The molecule has 0 radical (unpaired) electrons. The number of rotatable bonds is 8. The topological polar surface area (TPSA) is 11.4 Å². The largest absolute Gasteiger partial charge is 0.375 e. The van der Waals surface area contributed by atoms with Crippen LogP contribution in [0.5, 0.6) is 0 Å². The number of fused-ring (bicyclic) bond motifs is 7. The molecule has 10 aliphatic rings. The van der Waals surface area contributed by atoms with E-state index in [0.717, 1.165) is 46.9 Å². The average molecular weight is 1190 g/mol. The first-order valence-corrected chi connectivity index (χ1v) is 35.2. The van der Waals surface area contributed by atoms with Crippen LogP contribution in [-0.4, -0.2) is 11.3 Å². The molecule has 10 aromatic rings. The van der Waals surface area contributed by atoms with Crippen molar-refractivity contribution in [1.29, 1.82) is 0 Å². The van der Waals surface area contributed by atoms with Gasteiger partial charge in [0, 0.05) is 61.4 Å². The smallest absolute Gasteiger partial charge is 0.333 e. The van der Waals surface area contributed by atoms with E-state index < -0.39 is 0 Å². The van der Waals surface area contributed by atoms with Gasteiger partial charge in [0.1, 0.15) is 0 Å². The maximum atomic E-state index is 2.91. The first-order valence-electron chi connectivity index (χ1n) is 35.2. The summed E-state index contributed by atoms with van der Waals surface area (Å²) in [6, 6.07) is 73.5. The van der Waals surface area contributed by atoms with Gasteiger partial charge in [-0.3, -0.25) is 0 Å². The van der Waals surface area contributed by atoms with Gasteiger partial charge in [-0.25, -0.2) is 0 Å². The fourth-order valence-electron chi connectivity index (χ4n) is 21.2. The second-order valence-corrected chi connectivity index (χ2v) is 33.9. The third-order valence-corrected chi connectivity index (χ3v) is 24.9. The fraction of sp³-hybridized carbons (Fsp3) is 0.379. The minimum absolute atomic E-state index is 0.0228. The van der Waals surface area contributed by atoms with Crippen molar-refractivity contribution in [1.82, 2.24) is 4.48 Å². The molecule has 20 rings (SSSR count). The summed E-state index contributed by atoms with van der Waals surface area (Å²) in [6.45, 7) is 23.2. The zero-order valence-corrected chi connectivity index (χ0v) is 55.7. The van der Waals surface area contributed by atoms with Crippen molar-refractivity contribution in [2.75, 3.05) is 9.80 Å². The number of aryl methyl sites for hydroxylation is 1. The van der Waals surface area contributed by atoms with E-state index >= 15 is 0 Å². The van der Waals surface area contributed by atoms with E-state index in [1.807, 2.05) is 0 Å². The van der Waals surface area contributed by atoms with Gasteiger partial charge in [-0.05, 0) is 304 Å². The maximum Gasteiger partial charge on any atom is 0.333 e. The third-order valence-electron chi connectivity index (χ3n) is 24.9.